The van der Waals surface area contributed by atoms with Crippen LogP contribution >= 0.6 is 0 Å². The lowest BCUT2D eigenvalue weighted by molar-refractivity contribution is -0.125. The number of nitrogens with zero attached hydrogens (tertiary/aromatic N) is 3. The van der Waals surface area contributed by atoms with Crippen molar-refractivity contribution in [3.63, 3.8) is 0 Å². The van der Waals surface area contributed by atoms with Gasteiger partial charge in [0.25, 0.3) is 0 Å². The number of carbonyl (C=O) groups is 2. The van der Waals surface area contributed by atoms with Gasteiger partial charge >= 0.3 is 0 Å². The van der Waals surface area contributed by atoms with E-state index < -0.39 is 0 Å². The highest BCUT2D eigenvalue weighted by molar-refractivity contribution is 6.05. The maximum atomic E-state index is 12.5. The van der Waals surface area contributed by atoms with Crippen molar-refractivity contribution < 1.29 is 14.3 Å². The molecule has 2 aliphatic rings. The zero-order valence-corrected chi connectivity index (χ0v) is 15.1. The van der Waals surface area contributed by atoms with Crippen LogP contribution in [0.1, 0.15) is 25.3 Å². The van der Waals surface area contributed by atoms with E-state index in [1.165, 1.54) is 0 Å². The summed E-state index contributed by atoms with van der Waals surface area (Å²) in [6.07, 6.45) is 0.903. The molecule has 2 atom stereocenters. The number of ether oxygens (including phenoxy) is 1. The van der Waals surface area contributed by atoms with Gasteiger partial charge in [-0.3, -0.25) is 14.6 Å². The van der Waals surface area contributed by atoms with Gasteiger partial charge in [-0.05, 0) is 31.5 Å². The molecule has 1 fully saturated rings. The monoisotopic (exact) mass is 344 g/mol. The number of hydrogen-bond donors (Lipinski definition) is 1. The molecule has 2 unspecified atom stereocenters. The van der Waals surface area contributed by atoms with Gasteiger partial charge in [-0.2, -0.15) is 5.10 Å². The molecule has 0 spiro atoms. The zero-order valence-electron chi connectivity index (χ0n) is 15.1. The normalized spacial score (nSPS) is 23.0. The Balaban J connectivity index is 1.71. The quantitative estimate of drug-likeness (QED) is 0.902. The molecule has 1 N–H and O–H groups in total. The van der Waals surface area contributed by atoms with Crippen LogP contribution in [-0.4, -0.2) is 49.4 Å². The minimum Gasteiger partial charge on any atom is -0.495 e. The fraction of sp³-hybridized carbons (Fsp3) is 0.500. The third-order valence-corrected chi connectivity index (χ3v) is 4.79. The molecular formula is C18H24N4O3. The van der Waals surface area contributed by atoms with E-state index in [0.717, 1.165) is 11.3 Å². The molecule has 2 aliphatic heterocycles. The van der Waals surface area contributed by atoms with Crippen LogP contribution in [0.15, 0.2) is 23.3 Å². The van der Waals surface area contributed by atoms with Crippen LogP contribution in [0.2, 0.25) is 0 Å². The molecule has 0 saturated carbocycles. The first-order valence-corrected chi connectivity index (χ1v) is 8.45. The minimum absolute atomic E-state index is 0.0668. The Hall–Kier alpha value is -2.57. The Morgan fingerprint density at radius 2 is 2.12 bits per heavy atom. The van der Waals surface area contributed by atoms with Gasteiger partial charge in [0.05, 0.1) is 24.8 Å². The van der Waals surface area contributed by atoms with E-state index in [1.54, 1.807) is 12.0 Å². The molecule has 134 valence electrons. The van der Waals surface area contributed by atoms with Gasteiger partial charge in [0.2, 0.25) is 11.8 Å². The Kier molecular flexibility index (Phi) is 4.65. The van der Waals surface area contributed by atoms with Crippen LogP contribution in [-0.2, 0) is 9.59 Å². The fourth-order valence-corrected chi connectivity index (χ4v) is 3.19. The number of amides is 2. The summed E-state index contributed by atoms with van der Waals surface area (Å²) in [6.45, 7) is 4.36. The maximum absolute atomic E-state index is 12.5. The summed E-state index contributed by atoms with van der Waals surface area (Å²) in [5.41, 5.74) is 1.75. The summed E-state index contributed by atoms with van der Waals surface area (Å²) in [4.78, 5) is 26.6. The summed E-state index contributed by atoms with van der Waals surface area (Å²) in [5, 5.41) is 9.02. The number of hydrazone groups is 1. The second-order valence-electron chi connectivity index (χ2n) is 6.74. The van der Waals surface area contributed by atoms with Gasteiger partial charge in [-0.15, -0.1) is 0 Å². The van der Waals surface area contributed by atoms with Crippen LogP contribution in [0.5, 0.6) is 5.75 Å². The van der Waals surface area contributed by atoms with Crippen LogP contribution in [0, 0.1) is 12.8 Å². The lowest BCUT2D eigenvalue weighted by Gasteiger charge is -2.20. The molecule has 2 amide bonds. The van der Waals surface area contributed by atoms with Crippen LogP contribution in [0.25, 0.3) is 0 Å². The number of rotatable bonds is 3. The summed E-state index contributed by atoms with van der Waals surface area (Å²) in [7, 11) is 3.46. The number of hydrogen-bond acceptors (Lipinski definition) is 5. The maximum Gasteiger partial charge on any atom is 0.230 e. The van der Waals surface area contributed by atoms with Crippen molar-refractivity contribution in [3.8, 4) is 5.75 Å². The molecule has 25 heavy (non-hydrogen) atoms. The first-order valence-electron chi connectivity index (χ1n) is 8.45. The molecule has 2 heterocycles. The Labute approximate surface area is 147 Å². The second kappa shape index (κ2) is 6.74. The molecule has 0 bridgehead atoms. The van der Waals surface area contributed by atoms with E-state index in [4.69, 9.17) is 4.74 Å². The van der Waals surface area contributed by atoms with Crippen molar-refractivity contribution in [2.75, 3.05) is 25.6 Å². The number of amidine groups is 1. The standard InChI is InChI=1S/C18H24N4O3/c1-11-5-6-15(25-4)14(7-11)22-10-13(9-17(22)23)18(24)19-16-8-12(2)21(3)20-16/h5-7,12-13H,8-10H2,1-4H3,(H,19,20,24). The van der Waals surface area contributed by atoms with E-state index >= 15 is 0 Å². The summed E-state index contributed by atoms with van der Waals surface area (Å²) in [6, 6.07) is 5.96. The predicted octanol–water partition coefficient (Wildman–Crippen LogP) is 1.51. The van der Waals surface area contributed by atoms with E-state index in [-0.39, 0.29) is 30.2 Å². The van der Waals surface area contributed by atoms with Gasteiger partial charge < -0.3 is 15.0 Å². The lowest BCUT2D eigenvalue weighted by atomic mass is 10.1. The molecule has 1 aromatic rings. The number of carbonyl (C=O) groups excluding carboxylic acids is 2. The van der Waals surface area contributed by atoms with Crippen molar-refractivity contribution in [2.45, 2.75) is 32.7 Å². The third-order valence-electron chi connectivity index (χ3n) is 4.79. The molecule has 0 aliphatic carbocycles. The minimum atomic E-state index is -0.387. The van der Waals surface area contributed by atoms with Gasteiger partial charge in [-0.1, -0.05) is 6.07 Å². The average Bonchev–Trinajstić information content (AvgIpc) is 3.10. The van der Waals surface area contributed by atoms with Crippen molar-refractivity contribution in [2.24, 2.45) is 11.0 Å². The molecule has 7 nitrogen and oxygen atoms in total. The Bertz CT molecular complexity index is 731. The molecule has 0 radical (unpaired) electrons. The highest BCUT2D eigenvalue weighted by Gasteiger charge is 2.37. The van der Waals surface area contributed by atoms with Crippen LogP contribution < -0.4 is 15.0 Å². The van der Waals surface area contributed by atoms with Gasteiger partial charge in [-0.25, -0.2) is 0 Å². The van der Waals surface area contributed by atoms with Gasteiger partial charge in [0, 0.05) is 26.4 Å². The summed E-state index contributed by atoms with van der Waals surface area (Å²) < 4.78 is 5.37. The number of anilines is 1. The summed E-state index contributed by atoms with van der Waals surface area (Å²) in [5.74, 6) is 0.697. The van der Waals surface area contributed by atoms with Crippen molar-refractivity contribution in [1.29, 1.82) is 0 Å². The molecule has 3 rings (SSSR count). The van der Waals surface area contributed by atoms with Crippen molar-refractivity contribution in [3.05, 3.63) is 23.8 Å². The number of benzene rings is 1. The van der Waals surface area contributed by atoms with Crippen LogP contribution in [0.4, 0.5) is 5.69 Å². The number of nitrogens with one attached hydrogen (secondary N) is 1. The molecule has 1 aromatic carbocycles. The molecule has 1 saturated heterocycles. The molecule has 7 heteroatoms. The topological polar surface area (TPSA) is 74.2 Å². The molecule has 0 aromatic heterocycles. The Morgan fingerprint density at radius 1 is 1.36 bits per heavy atom. The van der Waals surface area contributed by atoms with Gasteiger partial charge in [0.15, 0.2) is 0 Å². The molecular weight excluding hydrogens is 320 g/mol. The van der Waals surface area contributed by atoms with E-state index in [2.05, 4.69) is 10.4 Å². The number of methoxy groups -OCH3 is 1. The lowest BCUT2D eigenvalue weighted by Crippen LogP contribution is -2.36. The largest absolute Gasteiger partial charge is 0.495 e. The van der Waals surface area contributed by atoms with Crippen molar-refractivity contribution >= 4 is 23.3 Å². The number of aryl methyl sites for hydroxylation is 1. The van der Waals surface area contributed by atoms with Crippen LogP contribution in [0.3, 0.4) is 0 Å². The average molecular weight is 344 g/mol. The summed E-state index contributed by atoms with van der Waals surface area (Å²) >= 11 is 0. The van der Waals surface area contributed by atoms with Crippen molar-refractivity contribution in [1.82, 2.24) is 10.3 Å². The predicted molar refractivity (Wildman–Crippen MR) is 95.6 cm³/mol. The fourth-order valence-electron chi connectivity index (χ4n) is 3.19. The first-order chi connectivity index (χ1) is 11.9. The zero-order chi connectivity index (χ0) is 18.1. The highest BCUT2D eigenvalue weighted by Crippen LogP contribution is 2.34. The third kappa shape index (κ3) is 3.45. The van der Waals surface area contributed by atoms with E-state index in [9.17, 15) is 9.59 Å². The SMILES string of the molecule is COc1ccc(C)cc1N1CC(C(=O)NC2=NN(C)C(C)C2)CC1=O. The van der Waals surface area contributed by atoms with Gasteiger partial charge in [0.1, 0.15) is 11.6 Å². The second-order valence-corrected chi connectivity index (χ2v) is 6.74. The first kappa shape index (κ1) is 17.3. The highest BCUT2D eigenvalue weighted by atomic mass is 16.5. The van der Waals surface area contributed by atoms with E-state index in [1.807, 2.05) is 44.1 Å². The smallest absolute Gasteiger partial charge is 0.230 e. The Morgan fingerprint density at radius 3 is 2.76 bits per heavy atom. The van der Waals surface area contributed by atoms with E-state index in [0.29, 0.717) is 24.6 Å².